The molecular formula is C15H31N3. The van der Waals surface area contributed by atoms with Crippen molar-refractivity contribution in [3.05, 3.63) is 0 Å². The lowest BCUT2D eigenvalue weighted by Gasteiger charge is -2.42. The number of piperidine rings is 1. The maximum atomic E-state index is 3.73. The summed E-state index contributed by atoms with van der Waals surface area (Å²) in [6.07, 6.45) is 4.10. The number of nitrogens with one attached hydrogen (secondary N) is 1. The molecule has 0 bridgehead atoms. The highest BCUT2D eigenvalue weighted by molar-refractivity contribution is 4.90. The molecule has 0 aliphatic carbocycles. The smallest absolute Gasteiger partial charge is 0.0280 e. The standard InChI is InChI=1S/C15H31N3/c1-14(2)12-17-8-10-18(11-9-17)13-15(3)6-4-5-7-16-15/h14,16H,4-13H2,1-3H3. The predicted molar refractivity (Wildman–Crippen MR) is 78.0 cm³/mol. The van der Waals surface area contributed by atoms with Gasteiger partial charge in [-0.3, -0.25) is 4.90 Å². The highest BCUT2D eigenvalue weighted by atomic mass is 15.3. The normalized spacial score (nSPS) is 32.0. The van der Waals surface area contributed by atoms with Crippen molar-refractivity contribution in [3.63, 3.8) is 0 Å². The second-order valence-electron chi connectivity index (χ2n) is 6.92. The van der Waals surface area contributed by atoms with Gasteiger partial charge in [0.25, 0.3) is 0 Å². The summed E-state index contributed by atoms with van der Waals surface area (Å²) in [6.45, 7) is 15.8. The molecule has 3 nitrogen and oxygen atoms in total. The fraction of sp³-hybridized carbons (Fsp3) is 1.00. The van der Waals surface area contributed by atoms with E-state index in [0.29, 0.717) is 5.54 Å². The van der Waals surface area contributed by atoms with Gasteiger partial charge < -0.3 is 10.2 Å². The molecular weight excluding hydrogens is 222 g/mol. The van der Waals surface area contributed by atoms with Gasteiger partial charge in [-0.1, -0.05) is 20.3 Å². The summed E-state index contributed by atoms with van der Waals surface area (Å²) in [6, 6.07) is 0. The van der Waals surface area contributed by atoms with Gasteiger partial charge in [0.05, 0.1) is 0 Å². The van der Waals surface area contributed by atoms with Crippen molar-refractivity contribution < 1.29 is 0 Å². The van der Waals surface area contributed by atoms with E-state index >= 15 is 0 Å². The Kier molecular flexibility index (Phi) is 5.05. The molecule has 1 unspecified atom stereocenters. The molecule has 0 aromatic rings. The fourth-order valence-corrected chi connectivity index (χ4v) is 3.39. The Morgan fingerprint density at radius 3 is 2.28 bits per heavy atom. The van der Waals surface area contributed by atoms with Crippen LogP contribution < -0.4 is 5.32 Å². The number of rotatable bonds is 4. The summed E-state index contributed by atoms with van der Waals surface area (Å²) >= 11 is 0. The molecule has 1 N–H and O–H groups in total. The van der Waals surface area contributed by atoms with E-state index in [0.717, 1.165) is 5.92 Å². The second-order valence-corrected chi connectivity index (χ2v) is 6.92. The molecule has 1 atom stereocenters. The zero-order valence-electron chi connectivity index (χ0n) is 12.5. The average molecular weight is 253 g/mol. The third-order valence-corrected chi connectivity index (χ3v) is 4.37. The van der Waals surface area contributed by atoms with E-state index in [4.69, 9.17) is 0 Å². The predicted octanol–water partition coefficient (Wildman–Crippen LogP) is 1.79. The molecule has 0 amide bonds. The number of hydrogen-bond acceptors (Lipinski definition) is 3. The zero-order chi connectivity index (χ0) is 13.0. The summed E-state index contributed by atoms with van der Waals surface area (Å²) < 4.78 is 0. The summed E-state index contributed by atoms with van der Waals surface area (Å²) in [5, 5.41) is 3.73. The van der Waals surface area contributed by atoms with Crippen molar-refractivity contribution >= 4 is 0 Å². The van der Waals surface area contributed by atoms with Crippen LogP contribution in [0.25, 0.3) is 0 Å². The van der Waals surface area contributed by atoms with Gasteiger partial charge >= 0.3 is 0 Å². The van der Waals surface area contributed by atoms with Crippen LogP contribution in [0.15, 0.2) is 0 Å². The summed E-state index contributed by atoms with van der Waals surface area (Å²) in [7, 11) is 0. The van der Waals surface area contributed by atoms with Gasteiger partial charge in [0, 0.05) is 44.8 Å². The Bertz CT molecular complexity index is 238. The van der Waals surface area contributed by atoms with Crippen LogP contribution in [0.1, 0.15) is 40.0 Å². The van der Waals surface area contributed by atoms with Crippen molar-refractivity contribution in [2.24, 2.45) is 5.92 Å². The van der Waals surface area contributed by atoms with Crippen molar-refractivity contribution in [2.75, 3.05) is 45.8 Å². The van der Waals surface area contributed by atoms with E-state index in [1.54, 1.807) is 0 Å². The Morgan fingerprint density at radius 1 is 1.06 bits per heavy atom. The van der Waals surface area contributed by atoms with Crippen LogP contribution >= 0.6 is 0 Å². The molecule has 2 fully saturated rings. The molecule has 2 aliphatic rings. The van der Waals surface area contributed by atoms with Crippen LogP contribution in [0, 0.1) is 5.92 Å². The molecule has 2 heterocycles. The van der Waals surface area contributed by atoms with Crippen LogP contribution in [0.4, 0.5) is 0 Å². The van der Waals surface area contributed by atoms with Gasteiger partial charge in [-0.2, -0.15) is 0 Å². The van der Waals surface area contributed by atoms with Crippen LogP contribution in [-0.4, -0.2) is 61.2 Å². The monoisotopic (exact) mass is 253 g/mol. The first-order valence-electron chi connectivity index (χ1n) is 7.77. The lowest BCUT2D eigenvalue weighted by molar-refractivity contribution is 0.0894. The first kappa shape index (κ1) is 14.3. The van der Waals surface area contributed by atoms with Crippen LogP contribution in [0.5, 0.6) is 0 Å². The maximum Gasteiger partial charge on any atom is 0.0280 e. The molecule has 0 saturated carbocycles. The SMILES string of the molecule is CC(C)CN1CCN(CC2(C)CCCCN2)CC1. The van der Waals surface area contributed by atoms with Gasteiger partial charge in [0.2, 0.25) is 0 Å². The highest BCUT2D eigenvalue weighted by Gasteiger charge is 2.29. The first-order chi connectivity index (χ1) is 8.57. The van der Waals surface area contributed by atoms with Crippen molar-refractivity contribution in [1.82, 2.24) is 15.1 Å². The summed E-state index contributed by atoms with van der Waals surface area (Å²) in [5.41, 5.74) is 0.373. The van der Waals surface area contributed by atoms with Crippen molar-refractivity contribution in [2.45, 2.75) is 45.6 Å². The van der Waals surface area contributed by atoms with Crippen LogP contribution in [0.2, 0.25) is 0 Å². The Balaban J connectivity index is 1.72. The highest BCUT2D eigenvalue weighted by Crippen LogP contribution is 2.20. The lowest BCUT2D eigenvalue weighted by Crippen LogP contribution is -2.57. The van der Waals surface area contributed by atoms with E-state index in [2.05, 4.69) is 35.9 Å². The van der Waals surface area contributed by atoms with E-state index in [-0.39, 0.29) is 0 Å². The number of hydrogen-bond donors (Lipinski definition) is 1. The summed E-state index contributed by atoms with van der Waals surface area (Å²) in [5.74, 6) is 0.800. The molecule has 0 spiro atoms. The quantitative estimate of drug-likeness (QED) is 0.824. The number of nitrogens with zero attached hydrogens (tertiary/aromatic N) is 2. The molecule has 3 heteroatoms. The summed E-state index contributed by atoms with van der Waals surface area (Å²) in [4.78, 5) is 5.28. The molecule has 18 heavy (non-hydrogen) atoms. The first-order valence-corrected chi connectivity index (χ1v) is 7.77. The minimum atomic E-state index is 0.373. The molecule has 106 valence electrons. The Hall–Kier alpha value is -0.120. The Labute approximate surface area is 113 Å². The molecule has 0 aromatic heterocycles. The van der Waals surface area contributed by atoms with Crippen LogP contribution in [0.3, 0.4) is 0 Å². The van der Waals surface area contributed by atoms with Crippen LogP contribution in [-0.2, 0) is 0 Å². The van der Waals surface area contributed by atoms with Gasteiger partial charge in [-0.05, 0) is 32.2 Å². The third kappa shape index (κ3) is 4.22. The third-order valence-electron chi connectivity index (χ3n) is 4.37. The minimum absolute atomic E-state index is 0.373. The van der Waals surface area contributed by atoms with Gasteiger partial charge in [-0.25, -0.2) is 0 Å². The topological polar surface area (TPSA) is 18.5 Å². The fourth-order valence-electron chi connectivity index (χ4n) is 3.39. The van der Waals surface area contributed by atoms with E-state index in [1.807, 2.05) is 0 Å². The second kappa shape index (κ2) is 6.36. The van der Waals surface area contributed by atoms with Crippen molar-refractivity contribution in [1.29, 1.82) is 0 Å². The van der Waals surface area contributed by atoms with E-state index < -0.39 is 0 Å². The average Bonchev–Trinajstić information content (AvgIpc) is 2.31. The molecule has 2 rings (SSSR count). The largest absolute Gasteiger partial charge is 0.310 e. The van der Waals surface area contributed by atoms with Gasteiger partial charge in [-0.15, -0.1) is 0 Å². The molecule has 0 radical (unpaired) electrons. The Morgan fingerprint density at radius 2 is 1.72 bits per heavy atom. The van der Waals surface area contributed by atoms with Gasteiger partial charge in [0.15, 0.2) is 0 Å². The molecule has 2 saturated heterocycles. The molecule has 2 aliphatic heterocycles. The van der Waals surface area contributed by atoms with Crippen molar-refractivity contribution in [3.8, 4) is 0 Å². The molecule has 0 aromatic carbocycles. The maximum absolute atomic E-state index is 3.73. The lowest BCUT2D eigenvalue weighted by atomic mass is 9.90. The zero-order valence-corrected chi connectivity index (χ0v) is 12.5. The van der Waals surface area contributed by atoms with E-state index in [9.17, 15) is 0 Å². The van der Waals surface area contributed by atoms with E-state index in [1.165, 1.54) is 65.1 Å². The van der Waals surface area contributed by atoms with Gasteiger partial charge in [0.1, 0.15) is 0 Å². The number of piperazine rings is 1. The minimum Gasteiger partial charge on any atom is -0.310 e.